The van der Waals surface area contributed by atoms with Gasteiger partial charge in [0.2, 0.25) is 0 Å². The molecule has 0 aliphatic rings. The van der Waals surface area contributed by atoms with Crippen molar-refractivity contribution in [3.8, 4) is 0 Å². The largest absolute Gasteiger partial charge is 0.416 e. The van der Waals surface area contributed by atoms with Gasteiger partial charge in [-0.25, -0.2) is 0 Å². The molecule has 0 fully saturated rings. The van der Waals surface area contributed by atoms with E-state index < -0.39 is 23.6 Å². The Kier molecular flexibility index (Phi) is 6.19. The second-order valence-electron chi connectivity index (χ2n) is 5.17. The van der Waals surface area contributed by atoms with Crippen LogP contribution in [0.1, 0.15) is 11.1 Å². The lowest BCUT2D eigenvalue weighted by Gasteiger charge is -2.09. The van der Waals surface area contributed by atoms with Crippen LogP contribution in [0.25, 0.3) is 0 Å². The molecular weight excluding hydrogens is 401 g/mol. The van der Waals surface area contributed by atoms with Gasteiger partial charge in [0.25, 0.3) is 0 Å². The SMILES string of the molecule is O=C(NCCc1cccc(C(F)(F)F)c1)C(=O)Nc1ccc(Br)cc1. The molecule has 0 unspecified atom stereocenters. The van der Waals surface area contributed by atoms with E-state index in [4.69, 9.17) is 0 Å². The third-order valence-electron chi connectivity index (χ3n) is 3.26. The molecule has 0 aromatic heterocycles. The van der Waals surface area contributed by atoms with Gasteiger partial charge in [0.1, 0.15) is 0 Å². The lowest BCUT2D eigenvalue weighted by molar-refractivity contribution is -0.137. The summed E-state index contributed by atoms with van der Waals surface area (Å²) >= 11 is 3.25. The van der Waals surface area contributed by atoms with Gasteiger partial charge >= 0.3 is 18.0 Å². The standard InChI is InChI=1S/C17H14BrF3N2O2/c18-13-4-6-14(7-5-13)23-16(25)15(24)22-9-8-11-2-1-3-12(10-11)17(19,20)21/h1-7,10H,8-9H2,(H,22,24)(H,23,25). The summed E-state index contributed by atoms with van der Waals surface area (Å²) in [6.07, 6.45) is -4.23. The fraction of sp³-hybridized carbons (Fsp3) is 0.176. The molecule has 0 heterocycles. The van der Waals surface area contributed by atoms with E-state index in [0.29, 0.717) is 11.3 Å². The van der Waals surface area contributed by atoms with E-state index >= 15 is 0 Å². The maximum Gasteiger partial charge on any atom is 0.416 e. The molecular formula is C17H14BrF3N2O2. The van der Waals surface area contributed by atoms with Gasteiger partial charge in [-0.3, -0.25) is 9.59 Å². The van der Waals surface area contributed by atoms with Gasteiger partial charge in [-0.05, 0) is 42.3 Å². The maximum atomic E-state index is 12.6. The van der Waals surface area contributed by atoms with Crippen LogP contribution in [0, 0.1) is 0 Å². The Balaban J connectivity index is 1.84. The van der Waals surface area contributed by atoms with E-state index in [1.807, 2.05) is 0 Å². The highest BCUT2D eigenvalue weighted by Crippen LogP contribution is 2.29. The van der Waals surface area contributed by atoms with Crippen LogP contribution in [0.3, 0.4) is 0 Å². The lowest BCUT2D eigenvalue weighted by Crippen LogP contribution is -2.36. The summed E-state index contributed by atoms with van der Waals surface area (Å²) in [5.41, 5.74) is 0.133. The number of alkyl halides is 3. The number of hydrogen-bond acceptors (Lipinski definition) is 2. The smallest absolute Gasteiger partial charge is 0.347 e. The van der Waals surface area contributed by atoms with Crippen LogP contribution in [0.5, 0.6) is 0 Å². The van der Waals surface area contributed by atoms with Gasteiger partial charge in [-0.15, -0.1) is 0 Å². The zero-order chi connectivity index (χ0) is 18.4. The van der Waals surface area contributed by atoms with Crippen LogP contribution in [0.2, 0.25) is 0 Å². The average Bonchev–Trinajstić information content (AvgIpc) is 2.56. The zero-order valence-electron chi connectivity index (χ0n) is 12.9. The van der Waals surface area contributed by atoms with Crippen molar-refractivity contribution in [2.75, 3.05) is 11.9 Å². The fourth-order valence-corrected chi connectivity index (χ4v) is 2.29. The van der Waals surface area contributed by atoms with Crippen LogP contribution in [0.4, 0.5) is 18.9 Å². The van der Waals surface area contributed by atoms with Gasteiger partial charge < -0.3 is 10.6 Å². The Morgan fingerprint density at radius 3 is 2.32 bits per heavy atom. The first-order valence-corrected chi connectivity index (χ1v) is 8.06. The Hall–Kier alpha value is -2.35. The van der Waals surface area contributed by atoms with Crippen molar-refractivity contribution in [3.05, 3.63) is 64.1 Å². The molecule has 0 radical (unpaired) electrons. The van der Waals surface area contributed by atoms with Gasteiger partial charge in [-0.2, -0.15) is 13.2 Å². The summed E-state index contributed by atoms with van der Waals surface area (Å²) in [6.45, 7) is 0.0495. The Labute approximate surface area is 150 Å². The van der Waals surface area contributed by atoms with Gasteiger partial charge in [-0.1, -0.05) is 34.1 Å². The van der Waals surface area contributed by atoms with Crippen molar-refractivity contribution < 1.29 is 22.8 Å². The topological polar surface area (TPSA) is 58.2 Å². The normalized spacial score (nSPS) is 11.0. The Morgan fingerprint density at radius 2 is 1.68 bits per heavy atom. The molecule has 0 saturated carbocycles. The van der Waals surface area contributed by atoms with Crippen LogP contribution in [0.15, 0.2) is 53.0 Å². The maximum absolute atomic E-state index is 12.6. The third kappa shape index (κ3) is 5.90. The number of carbonyl (C=O) groups is 2. The van der Waals surface area contributed by atoms with Crippen LogP contribution in [-0.2, 0) is 22.2 Å². The highest BCUT2D eigenvalue weighted by molar-refractivity contribution is 9.10. The van der Waals surface area contributed by atoms with E-state index in [0.717, 1.165) is 16.6 Å². The summed E-state index contributed by atoms with van der Waals surface area (Å²) in [5.74, 6) is -1.69. The predicted octanol–water partition coefficient (Wildman–Crippen LogP) is 3.77. The second-order valence-corrected chi connectivity index (χ2v) is 6.08. The van der Waals surface area contributed by atoms with Crippen LogP contribution < -0.4 is 10.6 Å². The number of benzene rings is 2. The second kappa shape index (κ2) is 8.15. The first kappa shape index (κ1) is 19.0. The number of nitrogens with one attached hydrogen (secondary N) is 2. The third-order valence-corrected chi connectivity index (χ3v) is 3.79. The van der Waals surface area contributed by atoms with Crippen molar-refractivity contribution in [1.29, 1.82) is 0 Å². The molecule has 0 spiro atoms. The van der Waals surface area contributed by atoms with E-state index in [2.05, 4.69) is 26.6 Å². The van der Waals surface area contributed by atoms with Gasteiger partial charge in [0.15, 0.2) is 0 Å². The predicted molar refractivity (Wildman–Crippen MR) is 90.9 cm³/mol. The minimum atomic E-state index is -4.41. The quantitative estimate of drug-likeness (QED) is 0.748. The molecule has 0 aliphatic carbocycles. The molecule has 2 aromatic rings. The molecule has 25 heavy (non-hydrogen) atoms. The fourth-order valence-electron chi connectivity index (χ4n) is 2.02. The van der Waals surface area contributed by atoms with E-state index in [-0.39, 0.29) is 13.0 Å². The molecule has 4 nitrogen and oxygen atoms in total. The minimum absolute atomic E-state index is 0.0495. The first-order valence-electron chi connectivity index (χ1n) is 7.26. The Bertz CT molecular complexity index is 761. The van der Waals surface area contributed by atoms with Crippen LogP contribution >= 0.6 is 15.9 Å². The summed E-state index contributed by atoms with van der Waals surface area (Å²) in [6, 6.07) is 11.5. The molecule has 2 N–H and O–H groups in total. The highest BCUT2D eigenvalue weighted by atomic mass is 79.9. The summed E-state index contributed by atoms with van der Waals surface area (Å²) in [4.78, 5) is 23.5. The Morgan fingerprint density at radius 1 is 1.00 bits per heavy atom. The molecule has 0 atom stereocenters. The average molecular weight is 415 g/mol. The van der Waals surface area contributed by atoms with Crippen molar-refractivity contribution in [2.45, 2.75) is 12.6 Å². The first-order chi connectivity index (χ1) is 11.8. The molecule has 0 aliphatic heterocycles. The number of halogens is 4. The number of rotatable bonds is 4. The molecule has 8 heteroatoms. The monoisotopic (exact) mass is 414 g/mol. The van der Waals surface area contributed by atoms with Gasteiger partial charge in [0, 0.05) is 16.7 Å². The van der Waals surface area contributed by atoms with E-state index in [9.17, 15) is 22.8 Å². The summed E-state index contributed by atoms with van der Waals surface area (Å²) in [5, 5.41) is 4.81. The summed E-state index contributed by atoms with van der Waals surface area (Å²) in [7, 11) is 0. The molecule has 2 amide bonds. The van der Waals surface area contributed by atoms with Crippen molar-refractivity contribution >= 4 is 33.4 Å². The number of anilines is 1. The number of hydrogen-bond donors (Lipinski definition) is 2. The minimum Gasteiger partial charge on any atom is -0.347 e. The lowest BCUT2D eigenvalue weighted by atomic mass is 10.1. The molecule has 0 bridgehead atoms. The van der Waals surface area contributed by atoms with E-state index in [1.165, 1.54) is 12.1 Å². The highest BCUT2D eigenvalue weighted by Gasteiger charge is 2.30. The van der Waals surface area contributed by atoms with Crippen molar-refractivity contribution in [3.63, 3.8) is 0 Å². The summed E-state index contributed by atoms with van der Waals surface area (Å²) < 4.78 is 38.7. The number of amides is 2. The zero-order valence-corrected chi connectivity index (χ0v) is 14.4. The number of carbonyl (C=O) groups excluding carboxylic acids is 2. The molecule has 2 aromatic carbocycles. The van der Waals surface area contributed by atoms with E-state index in [1.54, 1.807) is 24.3 Å². The molecule has 132 valence electrons. The van der Waals surface area contributed by atoms with Gasteiger partial charge in [0.05, 0.1) is 5.56 Å². The molecule has 0 saturated heterocycles. The van der Waals surface area contributed by atoms with Crippen molar-refractivity contribution in [2.24, 2.45) is 0 Å². The molecule has 2 rings (SSSR count). The van der Waals surface area contributed by atoms with Crippen molar-refractivity contribution in [1.82, 2.24) is 5.32 Å². The van der Waals surface area contributed by atoms with Crippen LogP contribution in [-0.4, -0.2) is 18.4 Å².